The van der Waals surface area contributed by atoms with Gasteiger partial charge in [-0.25, -0.2) is 0 Å². The third-order valence-corrected chi connectivity index (χ3v) is 6.78. The number of carbonyl (C=O) groups is 1. The molecule has 4 rings (SSSR count). The Hall–Kier alpha value is -2.97. The smallest absolute Gasteiger partial charge is 0.292 e. The van der Waals surface area contributed by atoms with Gasteiger partial charge in [0.2, 0.25) is 5.91 Å². The van der Waals surface area contributed by atoms with Crippen molar-refractivity contribution >= 4 is 17.3 Å². The lowest BCUT2D eigenvalue weighted by molar-refractivity contribution is -0.384. The summed E-state index contributed by atoms with van der Waals surface area (Å²) in [6.45, 7) is 7.22. The van der Waals surface area contributed by atoms with Crippen molar-refractivity contribution in [2.24, 2.45) is 5.92 Å². The Labute approximate surface area is 195 Å². The summed E-state index contributed by atoms with van der Waals surface area (Å²) in [7, 11) is 2.17. The van der Waals surface area contributed by atoms with Crippen LogP contribution >= 0.6 is 0 Å². The molecule has 2 fully saturated rings. The van der Waals surface area contributed by atoms with E-state index in [4.69, 9.17) is 0 Å². The van der Waals surface area contributed by atoms with Gasteiger partial charge in [0.1, 0.15) is 5.69 Å². The van der Waals surface area contributed by atoms with Crippen molar-refractivity contribution in [3.63, 3.8) is 0 Å². The molecule has 1 N–H and O–H groups in total. The maximum Gasteiger partial charge on any atom is 0.292 e. The lowest BCUT2D eigenvalue weighted by atomic mass is 9.95. The van der Waals surface area contributed by atoms with Gasteiger partial charge in [0, 0.05) is 64.3 Å². The molecule has 0 unspecified atom stereocenters. The summed E-state index contributed by atoms with van der Waals surface area (Å²) in [6.07, 6.45) is 1.39. The van der Waals surface area contributed by atoms with E-state index in [0.717, 1.165) is 38.3 Å². The van der Waals surface area contributed by atoms with Crippen LogP contribution in [0.2, 0.25) is 0 Å². The number of anilines is 1. The summed E-state index contributed by atoms with van der Waals surface area (Å²) in [5.74, 6) is 0.0132. The maximum absolute atomic E-state index is 12.7. The molecule has 33 heavy (non-hydrogen) atoms. The van der Waals surface area contributed by atoms with E-state index < -0.39 is 0 Å². The van der Waals surface area contributed by atoms with Gasteiger partial charge < -0.3 is 15.1 Å². The highest BCUT2D eigenvalue weighted by molar-refractivity contribution is 5.79. The highest BCUT2D eigenvalue weighted by atomic mass is 16.6. The van der Waals surface area contributed by atoms with Crippen LogP contribution in [0.4, 0.5) is 11.4 Å². The number of piperidine rings is 1. The average molecular weight is 452 g/mol. The van der Waals surface area contributed by atoms with E-state index in [2.05, 4.69) is 46.4 Å². The molecule has 2 aliphatic rings. The van der Waals surface area contributed by atoms with Crippen molar-refractivity contribution in [2.45, 2.75) is 25.9 Å². The first-order chi connectivity index (χ1) is 16.0. The third-order valence-electron chi connectivity index (χ3n) is 6.78. The normalized spacial score (nSPS) is 18.3. The average Bonchev–Trinajstić information content (AvgIpc) is 2.85. The summed E-state index contributed by atoms with van der Waals surface area (Å²) in [4.78, 5) is 30.5. The molecule has 0 radical (unpaired) electrons. The van der Waals surface area contributed by atoms with Gasteiger partial charge in [-0.2, -0.15) is 0 Å². The predicted molar refractivity (Wildman–Crippen MR) is 129 cm³/mol. The first-order valence-corrected chi connectivity index (χ1v) is 11.7. The lowest BCUT2D eigenvalue weighted by Crippen LogP contribution is -2.43. The molecule has 8 nitrogen and oxygen atoms in total. The van der Waals surface area contributed by atoms with Crippen LogP contribution in [-0.4, -0.2) is 66.9 Å². The number of carbonyl (C=O) groups excluding carboxylic acids is 1. The number of likely N-dealkylation sites (N-methyl/N-ethyl adjacent to an activating group) is 1. The van der Waals surface area contributed by atoms with Crippen molar-refractivity contribution in [1.82, 2.24) is 15.1 Å². The van der Waals surface area contributed by atoms with Crippen LogP contribution in [0.3, 0.4) is 0 Å². The van der Waals surface area contributed by atoms with Crippen molar-refractivity contribution in [3.8, 4) is 0 Å². The molecule has 0 atom stereocenters. The molecule has 0 spiro atoms. The molecule has 0 bridgehead atoms. The number of benzene rings is 2. The van der Waals surface area contributed by atoms with Crippen LogP contribution in [0.1, 0.15) is 24.0 Å². The molecule has 2 aliphatic heterocycles. The number of para-hydroxylation sites is 2. The molecule has 2 aromatic rings. The number of nitro groups is 1. The molecule has 176 valence electrons. The molecule has 0 saturated carbocycles. The zero-order valence-electron chi connectivity index (χ0n) is 19.3. The van der Waals surface area contributed by atoms with Crippen molar-refractivity contribution in [1.29, 1.82) is 0 Å². The second-order valence-electron chi connectivity index (χ2n) is 9.12. The first-order valence-electron chi connectivity index (χ1n) is 11.7. The molecule has 0 aliphatic carbocycles. The first kappa shape index (κ1) is 23.2. The molecular weight excluding hydrogens is 418 g/mol. The Morgan fingerprint density at radius 3 is 2.27 bits per heavy atom. The van der Waals surface area contributed by atoms with Gasteiger partial charge in [-0.3, -0.25) is 19.8 Å². The van der Waals surface area contributed by atoms with Crippen molar-refractivity contribution in [3.05, 3.63) is 69.8 Å². The Kier molecular flexibility index (Phi) is 7.57. The van der Waals surface area contributed by atoms with E-state index in [1.54, 1.807) is 12.1 Å². The van der Waals surface area contributed by atoms with E-state index in [-0.39, 0.29) is 22.4 Å². The van der Waals surface area contributed by atoms with Crippen molar-refractivity contribution < 1.29 is 9.72 Å². The number of hydrogen-bond acceptors (Lipinski definition) is 6. The predicted octanol–water partition coefficient (Wildman–Crippen LogP) is 2.88. The zero-order valence-corrected chi connectivity index (χ0v) is 19.3. The van der Waals surface area contributed by atoms with Gasteiger partial charge >= 0.3 is 0 Å². The van der Waals surface area contributed by atoms with Crippen LogP contribution in [0.15, 0.2) is 48.5 Å². The molecule has 2 heterocycles. The van der Waals surface area contributed by atoms with Gasteiger partial charge in [-0.1, -0.05) is 36.4 Å². The second kappa shape index (κ2) is 10.8. The van der Waals surface area contributed by atoms with E-state index >= 15 is 0 Å². The van der Waals surface area contributed by atoms with Crippen LogP contribution in [-0.2, 0) is 17.9 Å². The minimum absolute atomic E-state index is 0.0551. The number of piperazine rings is 1. The number of nitro benzene ring substituents is 1. The Morgan fingerprint density at radius 1 is 0.970 bits per heavy atom. The Bertz CT molecular complexity index is 949. The Balaban J connectivity index is 1.22. The summed E-state index contributed by atoms with van der Waals surface area (Å²) in [6, 6.07) is 15.3. The fourth-order valence-corrected chi connectivity index (χ4v) is 4.63. The Morgan fingerprint density at radius 2 is 1.61 bits per heavy atom. The number of nitrogens with one attached hydrogen (secondary N) is 1. The fourth-order valence-electron chi connectivity index (χ4n) is 4.63. The summed E-state index contributed by atoms with van der Waals surface area (Å²) in [5, 5.41) is 14.4. The van der Waals surface area contributed by atoms with Gasteiger partial charge in [0.05, 0.1) is 4.92 Å². The van der Waals surface area contributed by atoms with Crippen LogP contribution in [0.25, 0.3) is 0 Å². The zero-order chi connectivity index (χ0) is 23.2. The topological polar surface area (TPSA) is 82.0 Å². The number of rotatable bonds is 7. The second-order valence-corrected chi connectivity index (χ2v) is 9.12. The number of nitrogens with zero attached hydrogens (tertiary/aromatic N) is 4. The van der Waals surface area contributed by atoms with E-state index in [9.17, 15) is 14.9 Å². The van der Waals surface area contributed by atoms with Gasteiger partial charge in [0.15, 0.2) is 0 Å². The lowest BCUT2D eigenvalue weighted by Gasteiger charge is -2.32. The number of hydrogen-bond donors (Lipinski definition) is 1. The molecule has 2 saturated heterocycles. The minimum atomic E-state index is -0.343. The quantitative estimate of drug-likeness (QED) is 0.515. The van der Waals surface area contributed by atoms with Crippen LogP contribution < -0.4 is 10.2 Å². The van der Waals surface area contributed by atoms with Gasteiger partial charge in [-0.05, 0) is 37.1 Å². The largest absolute Gasteiger partial charge is 0.366 e. The standard InChI is InChI=1S/C25H33N5O3/c1-27-14-16-28(17-15-27)19-21-8-6-20(7-9-21)18-26-25(31)22-10-12-29(13-11-22)23-4-2-3-5-24(23)30(32)33/h2-9,22H,10-19H2,1H3,(H,26,31). The monoisotopic (exact) mass is 451 g/mol. The van der Waals surface area contributed by atoms with E-state index in [1.165, 1.54) is 11.6 Å². The number of amides is 1. The minimum Gasteiger partial charge on any atom is -0.366 e. The summed E-state index contributed by atoms with van der Waals surface area (Å²) >= 11 is 0. The van der Waals surface area contributed by atoms with E-state index in [0.29, 0.717) is 38.2 Å². The highest BCUT2D eigenvalue weighted by Crippen LogP contribution is 2.31. The van der Waals surface area contributed by atoms with E-state index in [1.807, 2.05) is 11.0 Å². The summed E-state index contributed by atoms with van der Waals surface area (Å²) < 4.78 is 0. The van der Waals surface area contributed by atoms with Gasteiger partial charge in [0.25, 0.3) is 5.69 Å². The van der Waals surface area contributed by atoms with Crippen LogP contribution in [0, 0.1) is 16.0 Å². The van der Waals surface area contributed by atoms with Gasteiger partial charge in [-0.15, -0.1) is 0 Å². The van der Waals surface area contributed by atoms with Crippen molar-refractivity contribution in [2.75, 3.05) is 51.2 Å². The third kappa shape index (κ3) is 6.09. The molecular formula is C25H33N5O3. The molecule has 1 amide bonds. The molecule has 2 aromatic carbocycles. The maximum atomic E-state index is 12.7. The fraction of sp³-hybridized carbons (Fsp3) is 0.480. The highest BCUT2D eigenvalue weighted by Gasteiger charge is 2.28. The molecule has 0 aromatic heterocycles. The molecule has 8 heteroatoms. The SMILES string of the molecule is CN1CCN(Cc2ccc(CNC(=O)C3CCN(c4ccccc4[N+](=O)[O-])CC3)cc2)CC1. The van der Waals surface area contributed by atoms with Crippen LogP contribution in [0.5, 0.6) is 0 Å². The summed E-state index contributed by atoms with van der Waals surface area (Å²) in [5.41, 5.74) is 3.16.